The summed E-state index contributed by atoms with van der Waals surface area (Å²) in [6.45, 7) is 4.87. The number of hydrogen-bond donors (Lipinski definition) is 1. The van der Waals surface area contributed by atoms with Gasteiger partial charge in [-0.25, -0.2) is 9.78 Å². The van der Waals surface area contributed by atoms with E-state index in [1.165, 1.54) is 0 Å². The molecule has 0 aromatic carbocycles. The first-order valence-corrected chi connectivity index (χ1v) is 4.89. The van der Waals surface area contributed by atoms with E-state index in [1.807, 2.05) is 11.5 Å². The second-order valence-electron chi connectivity index (χ2n) is 4.02. The summed E-state index contributed by atoms with van der Waals surface area (Å²) in [7, 11) is 0. The van der Waals surface area contributed by atoms with Gasteiger partial charge in [-0.05, 0) is 25.7 Å². The van der Waals surface area contributed by atoms with Gasteiger partial charge in [-0.3, -0.25) is 0 Å². The van der Waals surface area contributed by atoms with Crippen molar-refractivity contribution in [2.45, 2.75) is 33.2 Å². The first-order valence-electron chi connectivity index (χ1n) is 4.89. The molecule has 0 saturated carbocycles. The fourth-order valence-corrected chi connectivity index (χ4v) is 2.05. The van der Waals surface area contributed by atoms with Gasteiger partial charge in [-0.1, -0.05) is 6.92 Å². The molecule has 0 aliphatic carbocycles. The van der Waals surface area contributed by atoms with Crippen LogP contribution in [0.15, 0.2) is 0 Å². The van der Waals surface area contributed by atoms with Crippen LogP contribution in [0.1, 0.15) is 35.4 Å². The predicted molar refractivity (Wildman–Crippen MR) is 51.4 cm³/mol. The summed E-state index contributed by atoms with van der Waals surface area (Å²) in [6, 6.07) is 0. The van der Waals surface area contributed by atoms with Crippen LogP contribution in [-0.2, 0) is 13.0 Å². The zero-order chi connectivity index (χ0) is 10.3. The minimum atomic E-state index is -0.922. The second kappa shape index (κ2) is 3.12. The van der Waals surface area contributed by atoms with Crippen LogP contribution in [0.4, 0.5) is 0 Å². The van der Waals surface area contributed by atoms with Crippen molar-refractivity contribution in [1.82, 2.24) is 9.55 Å². The van der Waals surface area contributed by atoms with E-state index >= 15 is 0 Å². The molecule has 1 aromatic heterocycles. The van der Waals surface area contributed by atoms with E-state index in [9.17, 15) is 4.79 Å². The van der Waals surface area contributed by atoms with E-state index < -0.39 is 5.97 Å². The van der Waals surface area contributed by atoms with Crippen molar-refractivity contribution in [3.05, 3.63) is 17.2 Å². The molecule has 1 aromatic rings. The molecule has 0 fully saturated rings. The first-order chi connectivity index (χ1) is 6.59. The van der Waals surface area contributed by atoms with Gasteiger partial charge in [0.1, 0.15) is 0 Å². The highest BCUT2D eigenvalue weighted by Crippen LogP contribution is 2.24. The standard InChI is InChI=1S/C10H14N2O2/c1-6-3-4-12-8(5-6)7(2)11-9(12)10(13)14/h6H,3-5H2,1-2H3,(H,13,14). The maximum Gasteiger partial charge on any atom is 0.372 e. The quantitative estimate of drug-likeness (QED) is 0.736. The summed E-state index contributed by atoms with van der Waals surface area (Å²) in [6.07, 6.45) is 2.00. The lowest BCUT2D eigenvalue weighted by atomic mass is 9.97. The molecule has 0 saturated heterocycles. The number of imidazole rings is 1. The molecule has 4 nitrogen and oxygen atoms in total. The highest BCUT2D eigenvalue weighted by Gasteiger charge is 2.24. The van der Waals surface area contributed by atoms with Gasteiger partial charge in [0.2, 0.25) is 5.82 Å². The minimum absolute atomic E-state index is 0.199. The lowest BCUT2D eigenvalue weighted by molar-refractivity contribution is 0.0676. The Bertz CT molecular complexity index is 382. The van der Waals surface area contributed by atoms with E-state index in [2.05, 4.69) is 11.9 Å². The predicted octanol–water partition coefficient (Wildman–Crippen LogP) is 1.47. The van der Waals surface area contributed by atoms with Crippen molar-refractivity contribution in [3.63, 3.8) is 0 Å². The highest BCUT2D eigenvalue weighted by atomic mass is 16.4. The average Bonchev–Trinajstić information content (AvgIpc) is 2.44. The molecule has 4 heteroatoms. The molecular weight excluding hydrogens is 180 g/mol. The first kappa shape index (κ1) is 9.24. The van der Waals surface area contributed by atoms with E-state index in [0.717, 1.165) is 30.8 Å². The summed E-state index contributed by atoms with van der Waals surface area (Å²) in [4.78, 5) is 15.0. The molecule has 0 spiro atoms. The summed E-state index contributed by atoms with van der Waals surface area (Å²) in [5.41, 5.74) is 1.97. The van der Waals surface area contributed by atoms with Gasteiger partial charge in [0.05, 0.1) is 5.69 Å². The van der Waals surface area contributed by atoms with Crippen molar-refractivity contribution in [1.29, 1.82) is 0 Å². The number of aromatic carboxylic acids is 1. The summed E-state index contributed by atoms with van der Waals surface area (Å²) >= 11 is 0. The second-order valence-corrected chi connectivity index (χ2v) is 4.02. The molecule has 0 bridgehead atoms. The van der Waals surface area contributed by atoms with Crippen LogP contribution >= 0.6 is 0 Å². The van der Waals surface area contributed by atoms with Crippen LogP contribution in [0.5, 0.6) is 0 Å². The minimum Gasteiger partial charge on any atom is -0.475 e. The number of rotatable bonds is 1. The Morgan fingerprint density at radius 2 is 2.36 bits per heavy atom. The SMILES string of the molecule is Cc1nc(C(=O)O)n2c1CC(C)CC2. The van der Waals surface area contributed by atoms with Gasteiger partial charge < -0.3 is 9.67 Å². The van der Waals surface area contributed by atoms with Crippen LogP contribution in [0, 0.1) is 12.8 Å². The number of carboxylic acid groups (broad SMARTS) is 1. The summed E-state index contributed by atoms with van der Waals surface area (Å²) in [5.74, 6) is -0.0853. The molecule has 1 aliphatic heterocycles. The Balaban J connectivity index is 2.49. The molecule has 1 atom stereocenters. The Hall–Kier alpha value is -1.32. The molecule has 0 amide bonds. The van der Waals surface area contributed by atoms with E-state index in [1.54, 1.807) is 0 Å². The van der Waals surface area contributed by atoms with Gasteiger partial charge in [-0.15, -0.1) is 0 Å². The van der Waals surface area contributed by atoms with Gasteiger partial charge in [-0.2, -0.15) is 0 Å². The number of carboxylic acids is 1. The lowest BCUT2D eigenvalue weighted by Gasteiger charge is -2.21. The third kappa shape index (κ3) is 1.31. The molecule has 0 radical (unpaired) electrons. The number of fused-ring (bicyclic) bond motifs is 1. The molecule has 14 heavy (non-hydrogen) atoms. The van der Waals surface area contributed by atoms with Crippen molar-refractivity contribution in [3.8, 4) is 0 Å². The van der Waals surface area contributed by atoms with Crippen molar-refractivity contribution < 1.29 is 9.90 Å². The largest absolute Gasteiger partial charge is 0.475 e. The monoisotopic (exact) mass is 194 g/mol. The van der Waals surface area contributed by atoms with E-state index in [0.29, 0.717) is 5.92 Å². The van der Waals surface area contributed by atoms with Crippen LogP contribution in [0.3, 0.4) is 0 Å². The summed E-state index contributed by atoms with van der Waals surface area (Å²) in [5, 5.41) is 8.94. The van der Waals surface area contributed by atoms with E-state index in [-0.39, 0.29) is 5.82 Å². The maximum atomic E-state index is 10.9. The summed E-state index contributed by atoms with van der Waals surface area (Å²) < 4.78 is 1.84. The zero-order valence-electron chi connectivity index (χ0n) is 8.45. The third-order valence-corrected chi connectivity index (χ3v) is 2.85. The molecule has 2 rings (SSSR count). The Kier molecular flexibility index (Phi) is 2.06. The fraction of sp³-hybridized carbons (Fsp3) is 0.600. The van der Waals surface area contributed by atoms with Crippen molar-refractivity contribution in [2.75, 3.05) is 0 Å². The fourth-order valence-electron chi connectivity index (χ4n) is 2.05. The number of hydrogen-bond acceptors (Lipinski definition) is 2. The normalized spacial score (nSPS) is 20.6. The van der Waals surface area contributed by atoms with E-state index in [4.69, 9.17) is 5.11 Å². The van der Waals surface area contributed by atoms with Gasteiger partial charge >= 0.3 is 5.97 Å². The van der Waals surface area contributed by atoms with Crippen molar-refractivity contribution in [2.24, 2.45) is 5.92 Å². The van der Waals surface area contributed by atoms with Crippen LogP contribution in [0.25, 0.3) is 0 Å². The maximum absolute atomic E-state index is 10.9. The van der Waals surface area contributed by atoms with Gasteiger partial charge in [0.25, 0.3) is 0 Å². The third-order valence-electron chi connectivity index (χ3n) is 2.85. The zero-order valence-corrected chi connectivity index (χ0v) is 8.45. The van der Waals surface area contributed by atoms with Crippen LogP contribution in [-0.4, -0.2) is 20.6 Å². The molecule has 76 valence electrons. The Morgan fingerprint density at radius 3 is 3.00 bits per heavy atom. The smallest absolute Gasteiger partial charge is 0.372 e. The molecular formula is C10H14N2O2. The van der Waals surface area contributed by atoms with Gasteiger partial charge in [0.15, 0.2) is 0 Å². The Morgan fingerprint density at radius 1 is 1.64 bits per heavy atom. The average molecular weight is 194 g/mol. The highest BCUT2D eigenvalue weighted by molar-refractivity contribution is 5.83. The number of aryl methyl sites for hydroxylation is 1. The number of carbonyl (C=O) groups is 1. The molecule has 1 N–H and O–H groups in total. The Labute approximate surface area is 82.6 Å². The molecule has 1 unspecified atom stereocenters. The lowest BCUT2D eigenvalue weighted by Crippen LogP contribution is -2.20. The van der Waals surface area contributed by atoms with Crippen molar-refractivity contribution >= 4 is 5.97 Å². The molecule has 2 heterocycles. The molecule has 1 aliphatic rings. The van der Waals surface area contributed by atoms with Gasteiger partial charge in [0, 0.05) is 12.2 Å². The number of aromatic nitrogens is 2. The van der Waals surface area contributed by atoms with Crippen LogP contribution in [0.2, 0.25) is 0 Å². The van der Waals surface area contributed by atoms with Crippen LogP contribution < -0.4 is 0 Å². The number of nitrogens with zero attached hydrogens (tertiary/aromatic N) is 2. The topological polar surface area (TPSA) is 55.1 Å².